The first-order valence-corrected chi connectivity index (χ1v) is 6.19. The van der Waals surface area contributed by atoms with Gasteiger partial charge in [-0.3, -0.25) is 19.0 Å². The predicted octanol–water partition coefficient (Wildman–Crippen LogP) is -0.606. The number of amides is 1. The highest BCUT2D eigenvalue weighted by molar-refractivity contribution is 5.80. The fourth-order valence-corrected chi connectivity index (χ4v) is 1.53. The summed E-state index contributed by atoms with van der Waals surface area (Å²) in [4.78, 5) is 37.0. The lowest BCUT2D eigenvalue weighted by atomic mass is 10.1. The van der Waals surface area contributed by atoms with Crippen LogP contribution in [0.5, 0.6) is 0 Å². The van der Waals surface area contributed by atoms with Gasteiger partial charge in [0.2, 0.25) is 11.8 Å². The van der Waals surface area contributed by atoms with E-state index in [1.807, 2.05) is 0 Å². The van der Waals surface area contributed by atoms with Gasteiger partial charge in [0, 0.05) is 32.5 Å². The van der Waals surface area contributed by atoms with Crippen molar-refractivity contribution in [2.75, 3.05) is 6.54 Å². The van der Waals surface area contributed by atoms with Crippen LogP contribution < -0.4 is 11.1 Å². The van der Waals surface area contributed by atoms with Gasteiger partial charge in [-0.25, -0.2) is 4.98 Å². The zero-order chi connectivity index (χ0) is 15.1. The van der Waals surface area contributed by atoms with Gasteiger partial charge in [-0.15, -0.1) is 0 Å². The minimum Gasteiger partial charge on any atom is -0.480 e. The molecular weight excluding hydrogens is 264 g/mol. The molecule has 20 heavy (non-hydrogen) atoms. The fraction of sp³-hybridized carbons (Fsp3) is 0.500. The van der Waals surface area contributed by atoms with Gasteiger partial charge in [-0.2, -0.15) is 0 Å². The van der Waals surface area contributed by atoms with E-state index in [4.69, 9.17) is 10.8 Å². The number of nitrogens with zero attached hydrogens (tertiary/aromatic N) is 2. The molecule has 0 bridgehead atoms. The average molecular weight is 282 g/mol. The Morgan fingerprint density at radius 3 is 2.80 bits per heavy atom. The smallest absolute Gasteiger partial charge is 0.320 e. The molecule has 0 fully saturated rings. The van der Waals surface area contributed by atoms with Crippen molar-refractivity contribution in [3.05, 3.63) is 18.2 Å². The second-order valence-electron chi connectivity index (χ2n) is 4.38. The summed E-state index contributed by atoms with van der Waals surface area (Å²) in [5.74, 6) is -1.51. The van der Waals surface area contributed by atoms with E-state index >= 15 is 0 Å². The molecule has 1 atom stereocenters. The molecule has 0 aliphatic carbocycles. The second-order valence-corrected chi connectivity index (χ2v) is 4.38. The first kappa shape index (κ1) is 15.8. The van der Waals surface area contributed by atoms with Gasteiger partial charge in [0.05, 0.1) is 5.69 Å². The number of carboxylic acids is 1. The van der Waals surface area contributed by atoms with E-state index < -0.39 is 12.0 Å². The molecule has 0 radical (unpaired) electrons. The van der Waals surface area contributed by atoms with Crippen molar-refractivity contribution in [2.45, 2.75) is 32.2 Å². The zero-order valence-corrected chi connectivity index (χ0v) is 11.2. The largest absolute Gasteiger partial charge is 0.480 e. The quantitative estimate of drug-likeness (QED) is 0.612. The topological polar surface area (TPSA) is 127 Å². The summed E-state index contributed by atoms with van der Waals surface area (Å²) < 4.78 is 1.30. The fourth-order valence-electron chi connectivity index (χ4n) is 1.53. The Labute approximate surface area is 116 Å². The third-order valence-corrected chi connectivity index (χ3v) is 2.67. The van der Waals surface area contributed by atoms with Crippen LogP contribution in [-0.4, -0.2) is 45.0 Å². The second kappa shape index (κ2) is 7.39. The number of aromatic nitrogens is 2. The number of carbonyl (C=O) groups excluding carboxylic acids is 2. The van der Waals surface area contributed by atoms with Crippen molar-refractivity contribution in [1.29, 1.82) is 0 Å². The lowest BCUT2D eigenvalue weighted by molar-refractivity contribution is -0.138. The Bertz CT molecular complexity index is 497. The molecule has 8 heteroatoms. The van der Waals surface area contributed by atoms with Crippen molar-refractivity contribution in [1.82, 2.24) is 14.9 Å². The Hall–Kier alpha value is -2.22. The van der Waals surface area contributed by atoms with Gasteiger partial charge in [0.15, 0.2) is 0 Å². The molecule has 1 aromatic rings. The number of carboxylic acid groups (broad SMARTS) is 1. The Kier molecular flexibility index (Phi) is 5.85. The number of hydrogen-bond acceptors (Lipinski definition) is 5. The highest BCUT2D eigenvalue weighted by Crippen LogP contribution is 2.02. The Morgan fingerprint density at radius 2 is 2.20 bits per heavy atom. The monoisotopic (exact) mass is 282 g/mol. The number of aliphatic carboxylic acids is 1. The summed E-state index contributed by atoms with van der Waals surface area (Å²) in [6.07, 6.45) is 3.57. The molecule has 0 spiro atoms. The maximum atomic E-state index is 11.8. The van der Waals surface area contributed by atoms with Crippen molar-refractivity contribution >= 4 is 17.8 Å². The number of nitrogens with two attached hydrogens (primary N) is 1. The van der Waals surface area contributed by atoms with Gasteiger partial charge in [-0.05, 0) is 6.42 Å². The maximum absolute atomic E-state index is 11.8. The van der Waals surface area contributed by atoms with Gasteiger partial charge in [0.1, 0.15) is 12.4 Å². The molecule has 0 unspecified atom stereocenters. The number of hydrogen-bond donors (Lipinski definition) is 3. The van der Waals surface area contributed by atoms with E-state index in [-0.39, 0.29) is 24.7 Å². The molecule has 8 nitrogen and oxygen atoms in total. The molecular formula is C12H18N4O4. The summed E-state index contributed by atoms with van der Waals surface area (Å²) in [5.41, 5.74) is 6.00. The molecule has 110 valence electrons. The summed E-state index contributed by atoms with van der Waals surface area (Å²) in [7, 11) is 0. The first-order valence-electron chi connectivity index (χ1n) is 6.19. The SMILES string of the molecule is CC(=O)NCCc1cn(C(=O)CC[C@H](N)C(=O)O)cn1. The van der Waals surface area contributed by atoms with E-state index in [2.05, 4.69) is 10.3 Å². The summed E-state index contributed by atoms with van der Waals surface area (Å²) in [5, 5.41) is 11.3. The first-order chi connectivity index (χ1) is 9.40. The van der Waals surface area contributed by atoms with Crippen LogP contribution in [0.15, 0.2) is 12.5 Å². The summed E-state index contributed by atoms with van der Waals surface area (Å²) >= 11 is 0. The third-order valence-electron chi connectivity index (χ3n) is 2.67. The maximum Gasteiger partial charge on any atom is 0.320 e. The minimum atomic E-state index is -1.13. The number of nitrogens with one attached hydrogen (secondary N) is 1. The normalized spacial score (nSPS) is 11.9. The minimum absolute atomic E-state index is 0.0367. The number of carbonyl (C=O) groups is 3. The van der Waals surface area contributed by atoms with Gasteiger partial charge in [0.25, 0.3) is 0 Å². The van der Waals surface area contributed by atoms with Gasteiger partial charge in [-0.1, -0.05) is 0 Å². The molecule has 0 saturated heterocycles. The standard InChI is InChI=1S/C12H18N4O4/c1-8(17)14-5-4-9-6-16(7-15-9)11(18)3-2-10(13)12(19)20/h6-7,10H,2-5,13H2,1H3,(H,14,17)(H,19,20)/t10-/m0/s1. The summed E-state index contributed by atoms with van der Waals surface area (Å²) in [6.45, 7) is 1.87. The van der Waals surface area contributed by atoms with Crippen molar-refractivity contribution in [3.63, 3.8) is 0 Å². The zero-order valence-electron chi connectivity index (χ0n) is 11.2. The molecule has 0 saturated carbocycles. The van der Waals surface area contributed by atoms with E-state index in [9.17, 15) is 14.4 Å². The van der Waals surface area contributed by atoms with E-state index in [0.29, 0.717) is 18.7 Å². The van der Waals surface area contributed by atoms with Crippen molar-refractivity contribution in [3.8, 4) is 0 Å². The van der Waals surface area contributed by atoms with Crippen LogP contribution in [0.2, 0.25) is 0 Å². The number of rotatable bonds is 7. The molecule has 1 aromatic heterocycles. The van der Waals surface area contributed by atoms with Crippen LogP contribution in [0.25, 0.3) is 0 Å². The highest BCUT2D eigenvalue weighted by atomic mass is 16.4. The number of imidazole rings is 1. The Balaban J connectivity index is 2.43. The molecule has 1 rings (SSSR count). The van der Waals surface area contributed by atoms with E-state index in [1.165, 1.54) is 17.8 Å². The van der Waals surface area contributed by atoms with Gasteiger partial charge >= 0.3 is 5.97 Å². The van der Waals surface area contributed by atoms with Crippen LogP contribution >= 0.6 is 0 Å². The molecule has 4 N–H and O–H groups in total. The molecule has 1 heterocycles. The lowest BCUT2D eigenvalue weighted by Gasteiger charge is -2.05. The third kappa shape index (κ3) is 5.19. The molecule has 0 aliphatic rings. The molecule has 0 aromatic carbocycles. The predicted molar refractivity (Wildman–Crippen MR) is 70.1 cm³/mol. The van der Waals surface area contributed by atoms with Crippen molar-refractivity contribution < 1.29 is 19.5 Å². The Morgan fingerprint density at radius 1 is 1.50 bits per heavy atom. The summed E-state index contributed by atoms with van der Waals surface area (Å²) in [6, 6.07) is -1.04. The lowest BCUT2D eigenvalue weighted by Crippen LogP contribution is -2.31. The average Bonchev–Trinajstić information content (AvgIpc) is 2.83. The van der Waals surface area contributed by atoms with Crippen LogP contribution in [0, 0.1) is 0 Å². The van der Waals surface area contributed by atoms with Crippen LogP contribution in [0.4, 0.5) is 0 Å². The highest BCUT2D eigenvalue weighted by Gasteiger charge is 2.14. The molecule has 1 amide bonds. The van der Waals surface area contributed by atoms with Crippen LogP contribution in [0.3, 0.4) is 0 Å². The van der Waals surface area contributed by atoms with Gasteiger partial charge < -0.3 is 16.2 Å². The van der Waals surface area contributed by atoms with E-state index in [0.717, 1.165) is 0 Å². The van der Waals surface area contributed by atoms with Crippen LogP contribution in [0.1, 0.15) is 30.3 Å². The van der Waals surface area contributed by atoms with Crippen LogP contribution in [-0.2, 0) is 16.0 Å². The van der Waals surface area contributed by atoms with Crippen molar-refractivity contribution in [2.24, 2.45) is 5.73 Å². The van der Waals surface area contributed by atoms with E-state index in [1.54, 1.807) is 6.20 Å². The molecule has 0 aliphatic heterocycles.